The molecule has 7 rings (SSSR count). The molecular formula is C39H34Cl2N4O6S3. The molecule has 1 amide bonds. The molecule has 1 aromatic heterocycles. The maximum Gasteiger partial charge on any atom is 0.370 e. The number of halogens is 2. The van der Waals surface area contributed by atoms with E-state index in [2.05, 4.69) is 10.2 Å². The van der Waals surface area contributed by atoms with Crippen molar-refractivity contribution in [3.63, 3.8) is 0 Å². The van der Waals surface area contributed by atoms with Crippen molar-refractivity contribution in [1.29, 1.82) is 0 Å². The molecule has 278 valence electrons. The predicted molar refractivity (Wildman–Crippen MR) is 212 cm³/mol. The Hall–Kier alpha value is -4.21. The van der Waals surface area contributed by atoms with E-state index in [1.54, 1.807) is 0 Å². The molecule has 15 heteroatoms. The summed E-state index contributed by atoms with van der Waals surface area (Å²) >= 11 is 13.3. The molecule has 1 saturated heterocycles. The van der Waals surface area contributed by atoms with Crippen LogP contribution in [-0.4, -0.2) is 68.0 Å². The fraction of sp³-hybridized carbons (Fsp3) is 0.205. The Labute approximate surface area is 335 Å². The molecule has 1 fully saturated rings. The SMILES string of the molecule is CO[C@@]1(N)C(=O)N2C(C(=O)OC(c3ccccc3)c3ccccc3)=C(CSc3nnc(C(=O)OC(c4ccccc4)c4ccccc4)s3)CS[C@@H]21.ClCCl. The number of β-lactam (4-membered cyclic amide) rings is 1. The third-order valence-corrected chi connectivity index (χ3v) is 12.0. The highest BCUT2D eigenvalue weighted by Crippen LogP contribution is 2.47. The second-order valence-corrected chi connectivity index (χ2v) is 15.8. The summed E-state index contributed by atoms with van der Waals surface area (Å²) in [6, 6.07) is 37.8. The zero-order chi connectivity index (χ0) is 38.1. The fourth-order valence-electron chi connectivity index (χ4n) is 5.89. The Morgan fingerprint density at radius 1 is 0.815 bits per heavy atom. The van der Waals surface area contributed by atoms with E-state index in [4.69, 9.17) is 43.1 Å². The second-order valence-electron chi connectivity index (χ2n) is 11.8. The first kappa shape index (κ1) is 39.5. The lowest BCUT2D eigenvalue weighted by molar-refractivity contribution is -0.183. The molecule has 0 bridgehead atoms. The van der Waals surface area contributed by atoms with Crippen LogP contribution < -0.4 is 5.73 Å². The van der Waals surface area contributed by atoms with Crippen LogP contribution in [0.5, 0.6) is 0 Å². The van der Waals surface area contributed by atoms with Gasteiger partial charge < -0.3 is 14.2 Å². The molecule has 0 spiro atoms. The monoisotopic (exact) mass is 820 g/mol. The number of nitrogens with zero attached hydrogens (tertiary/aromatic N) is 3. The second kappa shape index (κ2) is 18.4. The Morgan fingerprint density at radius 3 is 1.70 bits per heavy atom. The largest absolute Gasteiger partial charge is 0.448 e. The number of methoxy groups -OCH3 is 1. The van der Waals surface area contributed by atoms with Gasteiger partial charge in [-0.05, 0) is 27.8 Å². The Balaban J connectivity index is 0.00000160. The van der Waals surface area contributed by atoms with Crippen LogP contribution in [0.15, 0.2) is 137 Å². The predicted octanol–water partition coefficient (Wildman–Crippen LogP) is 7.80. The van der Waals surface area contributed by atoms with E-state index < -0.39 is 41.2 Å². The number of hydrogen-bond acceptors (Lipinski definition) is 12. The Kier molecular flexibility index (Phi) is 13.5. The molecule has 4 aromatic carbocycles. The van der Waals surface area contributed by atoms with Crippen LogP contribution in [0.1, 0.15) is 44.3 Å². The van der Waals surface area contributed by atoms with Crippen molar-refractivity contribution < 1.29 is 28.6 Å². The number of amides is 1. The standard InChI is InChI=1S/C38H32N4O6S3.CH2Cl2/c1-46-38(39)35(45)42-29(33(43)47-30(24-14-6-2-7-15-24)25-16-8-3-9-17-25)28(22-49-36(38)42)23-50-37-41-40-32(51-37)34(44)48-31(26-18-10-4-11-19-26)27-20-12-5-13-21-27;2-1-3/h2-21,30-31,36H,22-23,39H2,1H3;1H2/t36-,38+;/m1./s1. The average molecular weight is 822 g/mol. The van der Waals surface area contributed by atoms with E-state index in [0.717, 1.165) is 33.6 Å². The minimum absolute atomic E-state index is 0.0977. The highest BCUT2D eigenvalue weighted by molar-refractivity contribution is 8.01. The Morgan fingerprint density at radius 2 is 1.26 bits per heavy atom. The minimum Gasteiger partial charge on any atom is -0.448 e. The van der Waals surface area contributed by atoms with Gasteiger partial charge in [0.25, 0.3) is 5.91 Å². The summed E-state index contributed by atoms with van der Waals surface area (Å²) < 4.78 is 18.1. The summed E-state index contributed by atoms with van der Waals surface area (Å²) in [4.78, 5) is 42.3. The van der Waals surface area contributed by atoms with Crippen molar-refractivity contribution in [3.05, 3.63) is 160 Å². The number of thioether (sulfide) groups is 2. The van der Waals surface area contributed by atoms with Crippen LogP contribution >= 0.6 is 58.1 Å². The van der Waals surface area contributed by atoms with Crippen LogP contribution in [-0.2, 0) is 23.8 Å². The molecule has 2 aliphatic heterocycles. The number of carbonyl (C=O) groups is 3. The van der Waals surface area contributed by atoms with Gasteiger partial charge in [-0.15, -0.1) is 45.2 Å². The van der Waals surface area contributed by atoms with Crippen LogP contribution in [0.25, 0.3) is 0 Å². The van der Waals surface area contributed by atoms with Crippen molar-refractivity contribution in [1.82, 2.24) is 15.1 Å². The summed E-state index contributed by atoms with van der Waals surface area (Å²) in [5, 5.41) is 8.04. The summed E-state index contributed by atoms with van der Waals surface area (Å²) in [6.07, 6.45) is -1.35. The molecule has 0 radical (unpaired) electrons. The molecule has 54 heavy (non-hydrogen) atoms. The smallest absolute Gasteiger partial charge is 0.370 e. The number of carbonyl (C=O) groups excluding carboxylic acids is 3. The van der Waals surface area contributed by atoms with E-state index in [1.165, 1.54) is 35.5 Å². The lowest BCUT2D eigenvalue weighted by Crippen LogP contribution is -2.78. The zero-order valence-electron chi connectivity index (χ0n) is 28.7. The molecule has 2 atom stereocenters. The van der Waals surface area contributed by atoms with Crippen molar-refractivity contribution in [3.8, 4) is 0 Å². The number of alkyl halides is 2. The molecule has 0 aliphatic carbocycles. The quantitative estimate of drug-likeness (QED) is 0.0435. The van der Waals surface area contributed by atoms with E-state index in [1.807, 2.05) is 121 Å². The van der Waals surface area contributed by atoms with Gasteiger partial charge in [-0.25, -0.2) is 9.59 Å². The molecular weight excluding hydrogens is 788 g/mol. The van der Waals surface area contributed by atoms with Gasteiger partial charge >= 0.3 is 11.9 Å². The van der Waals surface area contributed by atoms with Crippen LogP contribution in [0.4, 0.5) is 0 Å². The summed E-state index contributed by atoms with van der Waals surface area (Å²) in [7, 11) is 1.38. The number of rotatable bonds is 12. The van der Waals surface area contributed by atoms with Gasteiger partial charge in [0.05, 0.1) is 5.34 Å². The van der Waals surface area contributed by atoms with Crippen molar-refractivity contribution in [2.24, 2.45) is 5.73 Å². The van der Waals surface area contributed by atoms with Crippen LogP contribution in [0.2, 0.25) is 0 Å². The van der Waals surface area contributed by atoms with Crippen molar-refractivity contribution >= 4 is 75.9 Å². The molecule has 2 aliphatic rings. The van der Waals surface area contributed by atoms with Gasteiger partial charge in [0.1, 0.15) is 11.1 Å². The summed E-state index contributed by atoms with van der Waals surface area (Å²) in [6.45, 7) is 0. The first-order valence-corrected chi connectivity index (χ1v) is 20.4. The molecule has 10 nitrogen and oxygen atoms in total. The van der Waals surface area contributed by atoms with Gasteiger partial charge in [-0.2, -0.15) is 0 Å². The van der Waals surface area contributed by atoms with Gasteiger partial charge in [0.2, 0.25) is 10.7 Å². The molecule has 0 unspecified atom stereocenters. The highest BCUT2D eigenvalue weighted by atomic mass is 35.5. The van der Waals surface area contributed by atoms with E-state index in [-0.39, 0.29) is 21.8 Å². The maximum atomic E-state index is 14.2. The first-order valence-electron chi connectivity index (χ1n) is 16.5. The number of fused-ring (bicyclic) bond motifs is 1. The fourth-order valence-corrected chi connectivity index (χ4v) is 9.16. The lowest BCUT2D eigenvalue weighted by atomic mass is 9.99. The third kappa shape index (κ3) is 8.68. The Bertz CT molecular complexity index is 2000. The number of ether oxygens (including phenoxy) is 3. The average Bonchev–Trinajstić information content (AvgIpc) is 3.71. The van der Waals surface area contributed by atoms with Gasteiger partial charge in [-0.3, -0.25) is 15.4 Å². The van der Waals surface area contributed by atoms with E-state index >= 15 is 0 Å². The van der Waals surface area contributed by atoms with Crippen LogP contribution in [0, 0.1) is 0 Å². The van der Waals surface area contributed by atoms with Crippen LogP contribution in [0.3, 0.4) is 0 Å². The number of nitrogens with two attached hydrogens (primary N) is 1. The van der Waals surface area contributed by atoms with Gasteiger partial charge in [-0.1, -0.05) is 144 Å². The number of benzene rings is 4. The molecule has 5 aromatic rings. The zero-order valence-corrected chi connectivity index (χ0v) is 32.7. The number of hydrogen-bond donors (Lipinski definition) is 1. The molecule has 2 N–H and O–H groups in total. The van der Waals surface area contributed by atoms with E-state index in [0.29, 0.717) is 15.7 Å². The third-order valence-electron chi connectivity index (χ3n) is 8.49. The summed E-state index contributed by atoms with van der Waals surface area (Å²) in [5.41, 5.74) is 8.77. The number of aromatic nitrogens is 2. The molecule has 0 saturated carbocycles. The minimum atomic E-state index is -1.56. The maximum absolute atomic E-state index is 14.2. The lowest BCUT2D eigenvalue weighted by Gasteiger charge is -2.54. The van der Waals surface area contributed by atoms with Crippen molar-refractivity contribution in [2.45, 2.75) is 27.6 Å². The van der Waals surface area contributed by atoms with Crippen molar-refractivity contribution in [2.75, 3.05) is 24.0 Å². The number of esters is 2. The topological polar surface area (TPSA) is 134 Å². The first-order chi connectivity index (χ1) is 26.3. The van der Waals surface area contributed by atoms with E-state index in [9.17, 15) is 14.4 Å². The van der Waals surface area contributed by atoms with Gasteiger partial charge in [0, 0.05) is 18.6 Å². The highest BCUT2D eigenvalue weighted by Gasteiger charge is 2.63. The normalized spacial score (nSPS) is 17.7. The molecule has 3 heterocycles. The summed E-state index contributed by atoms with van der Waals surface area (Å²) in [5.74, 6) is -1.12. The van der Waals surface area contributed by atoms with Gasteiger partial charge in [0.15, 0.2) is 16.5 Å².